The van der Waals surface area contributed by atoms with Gasteiger partial charge in [0, 0.05) is 35.6 Å². The molecule has 4 heteroatoms. The summed E-state index contributed by atoms with van der Waals surface area (Å²) in [5.41, 5.74) is 2.17. The zero-order chi connectivity index (χ0) is 10.5. The molecule has 2 N–H and O–H groups in total. The van der Waals surface area contributed by atoms with Crippen LogP contribution >= 0.6 is 11.3 Å². The molecule has 0 saturated carbocycles. The van der Waals surface area contributed by atoms with Crippen LogP contribution in [0.25, 0.3) is 0 Å². The van der Waals surface area contributed by atoms with Crippen LogP contribution in [0.2, 0.25) is 0 Å². The van der Waals surface area contributed by atoms with Crippen molar-refractivity contribution in [3.05, 3.63) is 35.2 Å². The molecule has 0 amide bonds. The largest absolute Gasteiger partial charge is 0.370 e. The monoisotopic (exact) mass is 219 g/mol. The van der Waals surface area contributed by atoms with Crippen molar-refractivity contribution < 1.29 is 0 Å². The van der Waals surface area contributed by atoms with Gasteiger partial charge in [0.25, 0.3) is 0 Å². The highest BCUT2D eigenvalue weighted by Gasteiger charge is 1.96. The second kappa shape index (κ2) is 4.79. The van der Waals surface area contributed by atoms with Crippen LogP contribution < -0.4 is 10.6 Å². The van der Waals surface area contributed by atoms with Crippen molar-refractivity contribution in [2.45, 2.75) is 6.92 Å². The molecule has 0 atom stereocenters. The molecule has 15 heavy (non-hydrogen) atoms. The van der Waals surface area contributed by atoms with E-state index < -0.39 is 0 Å². The Balaban J connectivity index is 2.11. The first-order valence-corrected chi connectivity index (χ1v) is 5.82. The van der Waals surface area contributed by atoms with E-state index in [0.29, 0.717) is 0 Å². The Hall–Kier alpha value is -1.55. The minimum Gasteiger partial charge on any atom is -0.370 e. The number of anilines is 3. The summed E-state index contributed by atoms with van der Waals surface area (Å²) < 4.78 is 0. The highest BCUT2D eigenvalue weighted by Crippen LogP contribution is 2.20. The molecule has 0 aliphatic carbocycles. The lowest BCUT2D eigenvalue weighted by atomic mass is 10.3. The Labute approximate surface area is 93.2 Å². The maximum atomic E-state index is 4.21. The van der Waals surface area contributed by atoms with E-state index >= 15 is 0 Å². The molecule has 78 valence electrons. The average Bonchev–Trinajstić information content (AvgIpc) is 2.71. The van der Waals surface area contributed by atoms with Crippen molar-refractivity contribution in [1.29, 1.82) is 0 Å². The summed E-state index contributed by atoms with van der Waals surface area (Å²) in [5.74, 6) is 0.901. The van der Waals surface area contributed by atoms with Gasteiger partial charge in [-0.15, -0.1) is 0 Å². The number of hydrogen-bond donors (Lipinski definition) is 2. The number of thiophene rings is 1. The van der Waals surface area contributed by atoms with E-state index in [1.54, 1.807) is 17.5 Å². The smallest absolute Gasteiger partial charge is 0.127 e. The minimum atomic E-state index is 0.884. The van der Waals surface area contributed by atoms with Gasteiger partial charge in [0.1, 0.15) is 5.82 Å². The first kappa shape index (κ1) is 9.98. The zero-order valence-corrected chi connectivity index (χ0v) is 9.34. The topological polar surface area (TPSA) is 37.0 Å². The van der Waals surface area contributed by atoms with Crippen LogP contribution in [-0.2, 0) is 0 Å². The molecule has 0 unspecified atom stereocenters. The summed E-state index contributed by atoms with van der Waals surface area (Å²) in [6.45, 7) is 2.94. The van der Waals surface area contributed by atoms with Gasteiger partial charge < -0.3 is 10.6 Å². The minimum absolute atomic E-state index is 0.884. The van der Waals surface area contributed by atoms with Crippen LogP contribution in [0.3, 0.4) is 0 Å². The van der Waals surface area contributed by atoms with E-state index in [2.05, 4.69) is 39.4 Å². The van der Waals surface area contributed by atoms with E-state index in [0.717, 1.165) is 23.7 Å². The van der Waals surface area contributed by atoms with E-state index in [4.69, 9.17) is 0 Å². The average molecular weight is 219 g/mol. The van der Waals surface area contributed by atoms with Gasteiger partial charge in [0.2, 0.25) is 0 Å². The summed E-state index contributed by atoms with van der Waals surface area (Å²) in [7, 11) is 0. The summed E-state index contributed by atoms with van der Waals surface area (Å²) in [4.78, 5) is 4.21. The van der Waals surface area contributed by atoms with Crippen molar-refractivity contribution in [2.24, 2.45) is 0 Å². The summed E-state index contributed by atoms with van der Waals surface area (Å²) >= 11 is 1.68. The number of hydrogen-bond acceptors (Lipinski definition) is 4. The first-order valence-electron chi connectivity index (χ1n) is 4.87. The third kappa shape index (κ3) is 2.70. The SMILES string of the molecule is CCNc1cc(Nc2ccsc2)ccn1. The van der Waals surface area contributed by atoms with Crippen LogP contribution in [0, 0.1) is 0 Å². The molecule has 0 aliphatic rings. The predicted molar refractivity (Wildman–Crippen MR) is 66.0 cm³/mol. The number of pyridine rings is 1. The summed E-state index contributed by atoms with van der Waals surface area (Å²) in [6, 6.07) is 6.01. The molecule has 3 nitrogen and oxygen atoms in total. The molecular formula is C11H13N3S. The summed E-state index contributed by atoms with van der Waals surface area (Å²) in [5, 5.41) is 10.6. The molecule has 2 rings (SSSR count). The van der Waals surface area contributed by atoms with Gasteiger partial charge in [0.15, 0.2) is 0 Å². The van der Waals surface area contributed by atoms with Gasteiger partial charge in [-0.2, -0.15) is 11.3 Å². The Morgan fingerprint density at radius 1 is 1.33 bits per heavy atom. The van der Waals surface area contributed by atoms with E-state index in [1.807, 2.05) is 12.1 Å². The predicted octanol–water partition coefficient (Wildman–Crippen LogP) is 3.32. The maximum Gasteiger partial charge on any atom is 0.127 e. The normalized spacial score (nSPS) is 9.93. The van der Waals surface area contributed by atoms with Crippen LogP contribution in [0.5, 0.6) is 0 Å². The fraction of sp³-hybridized carbons (Fsp3) is 0.182. The van der Waals surface area contributed by atoms with Gasteiger partial charge in [-0.1, -0.05) is 0 Å². The van der Waals surface area contributed by atoms with Gasteiger partial charge in [0.05, 0.1) is 0 Å². The molecule has 0 radical (unpaired) electrons. The molecule has 0 aliphatic heterocycles. The molecule has 0 saturated heterocycles. The molecule has 0 spiro atoms. The van der Waals surface area contributed by atoms with E-state index in [9.17, 15) is 0 Å². The third-order valence-corrected chi connectivity index (χ3v) is 2.61. The first-order chi connectivity index (χ1) is 7.38. The second-order valence-corrected chi connectivity index (χ2v) is 3.88. The third-order valence-electron chi connectivity index (χ3n) is 1.93. The quantitative estimate of drug-likeness (QED) is 0.828. The molecule has 0 fully saturated rings. The molecule has 0 bridgehead atoms. The fourth-order valence-corrected chi connectivity index (χ4v) is 1.88. The highest BCUT2D eigenvalue weighted by molar-refractivity contribution is 7.08. The zero-order valence-electron chi connectivity index (χ0n) is 8.53. The van der Waals surface area contributed by atoms with E-state index in [1.165, 1.54) is 0 Å². The molecule has 2 aromatic rings. The van der Waals surface area contributed by atoms with Crippen molar-refractivity contribution >= 4 is 28.5 Å². The fourth-order valence-electron chi connectivity index (χ4n) is 1.29. The number of nitrogens with zero attached hydrogens (tertiary/aromatic N) is 1. The second-order valence-electron chi connectivity index (χ2n) is 3.10. The Kier molecular flexibility index (Phi) is 3.19. The van der Waals surface area contributed by atoms with Crippen molar-refractivity contribution in [1.82, 2.24) is 4.98 Å². The molecule has 2 heterocycles. The van der Waals surface area contributed by atoms with Crippen molar-refractivity contribution in [3.63, 3.8) is 0 Å². The standard InChI is InChI=1S/C11H13N3S/c1-2-12-11-7-9(3-5-13-11)14-10-4-6-15-8-10/h3-8H,2H2,1H3,(H2,12,13,14). The van der Waals surface area contributed by atoms with Crippen LogP contribution in [0.4, 0.5) is 17.2 Å². The van der Waals surface area contributed by atoms with Crippen molar-refractivity contribution in [3.8, 4) is 0 Å². The number of nitrogens with one attached hydrogen (secondary N) is 2. The maximum absolute atomic E-state index is 4.21. The van der Waals surface area contributed by atoms with Crippen molar-refractivity contribution in [2.75, 3.05) is 17.2 Å². The van der Waals surface area contributed by atoms with Crippen LogP contribution in [-0.4, -0.2) is 11.5 Å². The van der Waals surface area contributed by atoms with Crippen LogP contribution in [0.1, 0.15) is 6.92 Å². The van der Waals surface area contributed by atoms with Gasteiger partial charge in [-0.3, -0.25) is 0 Å². The Morgan fingerprint density at radius 2 is 2.27 bits per heavy atom. The molecule has 2 aromatic heterocycles. The van der Waals surface area contributed by atoms with E-state index in [-0.39, 0.29) is 0 Å². The van der Waals surface area contributed by atoms with Gasteiger partial charge in [-0.05, 0) is 24.4 Å². The Bertz CT molecular complexity index is 412. The number of rotatable bonds is 4. The lowest BCUT2D eigenvalue weighted by Gasteiger charge is -2.06. The lowest BCUT2D eigenvalue weighted by Crippen LogP contribution is -1.99. The Morgan fingerprint density at radius 3 is 3.00 bits per heavy atom. The lowest BCUT2D eigenvalue weighted by molar-refractivity contribution is 1.16. The van der Waals surface area contributed by atoms with Gasteiger partial charge >= 0.3 is 0 Å². The highest BCUT2D eigenvalue weighted by atomic mass is 32.1. The number of aromatic nitrogens is 1. The molecular weight excluding hydrogens is 206 g/mol. The van der Waals surface area contributed by atoms with Crippen LogP contribution in [0.15, 0.2) is 35.2 Å². The molecule has 0 aromatic carbocycles. The summed E-state index contributed by atoms with van der Waals surface area (Å²) in [6.07, 6.45) is 1.80. The van der Waals surface area contributed by atoms with Gasteiger partial charge in [-0.25, -0.2) is 4.98 Å².